The van der Waals surface area contributed by atoms with E-state index in [4.69, 9.17) is 0 Å². The number of sulfonamides is 1. The van der Waals surface area contributed by atoms with Crippen molar-refractivity contribution >= 4 is 10.0 Å². The van der Waals surface area contributed by atoms with Crippen LogP contribution in [0.15, 0.2) is 23.1 Å². The molecule has 1 fully saturated rings. The largest absolute Gasteiger partial charge is 0.312 e. The fraction of sp³-hybridized carbons (Fsp3) is 0.600. The molecule has 0 bridgehead atoms. The van der Waals surface area contributed by atoms with Crippen LogP contribution in [0.5, 0.6) is 0 Å². The van der Waals surface area contributed by atoms with E-state index in [0.717, 1.165) is 25.8 Å². The maximum Gasteiger partial charge on any atom is 0.240 e. The summed E-state index contributed by atoms with van der Waals surface area (Å²) < 4.78 is 40.4. The molecule has 6 heteroatoms. The van der Waals surface area contributed by atoms with Gasteiger partial charge in [-0.1, -0.05) is 13.3 Å². The van der Waals surface area contributed by atoms with E-state index >= 15 is 0 Å². The predicted molar refractivity (Wildman–Crippen MR) is 81.1 cm³/mol. The van der Waals surface area contributed by atoms with Crippen LogP contribution in [0, 0.1) is 18.7 Å². The lowest BCUT2D eigenvalue weighted by molar-refractivity contribution is 0.273. The molecule has 0 aliphatic carbocycles. The quantitative estimate of drug-likeness (QED) is 0.876. The summed E-state index contributed by atoms with van der Waals surface area (Å²) in [6, 6.07) is 3.90. The summed E-state index contributed by atoms with van der Waals surface area (Å²) in [5.74, 6) is 0.0715. The average Bonchev–Trinajstić information content (AvgIpc) is 2.45. The second-order valence-corrected chi connectivity index (χ2v) is 7.37. The normalized spacial score (nSPS) is 23.2. The van der Waals surface area contributed by atoms with Crippen molar-refractivity contribution in [3.05, 3.63) is 29.6 Å². The fourth-order valence-electron chi connectivity index (χ4n) is 2.94. The SMILES string of the molecule is CCC1CCCNC1CNS(=O)(=O)c1ccc(F)cc1C. The summed E-state index contributed by atoms with van der Waals surface area (Å²) in [4.78, 5) is 0.146. The molecule has 0 spiro atoms. The van der Waals surface area contributed by atoms with Crippen molar-refractivity contribution in [2.24, 2.45) is 5.92 Å². The van der Waals surface area contributed by atoms with Gasteiger partial charge < -0.3 is 5.32 Å². The third kappa shape index (κ3) is 4.02. The van der Waals surface area contributed by atoms with E-state index in [1.807, 2.05) is 0 Å². The van der Waals surface area contributed by atoms with Crippen LogP contribution in [0.1, 0.15) is 31.7 Å². The Morgan fingerprint density at radius 1 is 1.43 bits per heavy atom. The molecule has 21 heavy (non-hydrogen) atoms. The average molecular weight is 314 g/mol. The second kappa shape index (κ2) is 6.85. The summed E-state index contributed by atoms with van der Waals surface area (Å²) in [6.45, 7) is 5.03. The van der Waals surface area contributed by atoms with Crippen molar-refractivity contribution in [3.63, 3.8) is 0 Å². The van der Waals surface area contributed by atoms with Crippen molar-refractivity contribution in [1.29, 1.82) is 0 Å². The molecule has 0 radical (unpaired) electrons. The van der Waals surface area contributed by atoms with Crippen LogP contribution < -0.4 is 10.0 Å². The first-order chi connectivity index (χ1) is 9.94. The fourth-order valence-corrected chi connectivity index (χ4v) is 4.22. The van der Waals surface area contributed by atoms with Crippen LogP contribution in [0.4, 0.5) is 4.39 Å². The molecule has 1 saturated heterocycles. The zero-order valence-electron chi connectivity index (χ0n) is 12.5. The first-order valence-electron chi connectivity index (χ1n) is 7.43. The molecular weight excluding hydrogens is 291 g/mol. The van der Waals surface area contributed by atoms with Crippen LogP contribution in [0.2, 0.25) is 0 Å². The maximum absolute atomic E-state index is 13.1. The van der Waals surface area contributed by atoms with Gasteiger partial charge in [0.05, 0.1) is 4.90 Å². The van der Waals surface area contributed by atoms with Gasteiger partial charge in [0.1, 0.15) is 5.82 Å². The van der Waals surface area contributed by atoms with Gasteiger partial charge in [-0.15, -0.1) is 0 Å². The van der Waals surface area contributed by atoms with E-state index in [1.165, 1.54) is 18.2 Å². The van der Waals surface area contributed by atoms with Gasteiger partial charge in [-0.3, -0.25) is 0 Å². The van der Waals surface area contributed by atoms with E-state index in [1.54, 1.807) is 6.92 Å². The Kier molecular flexibility index (Phi) is 5.35. The van der Waals surface area contributed by atoms with E-state index in [9.17, 15) is 12.8 Å². The van der Waals surface area contributed by atoms with E-state index in [-0.39, 0.29) is 10.9 Å². The molecule has 0 aromatic heterocycles. The summed E-state index contributed by atoms with van der Waals surface area (Å²) in [7, 11) is -3.60. The minimum atomic E-state index is -3.60. The number of benzene rings is 1. The van der Waals surface area contributed by atoms with Gasteiger partial charge in [0.2, 0.25) is 10.0 Å². The predicted octanol–water partition coefficient (Wildman–Crippen LogP) is 2.19. The van der Waals surface area contributed by atoms with Crippen LogP contribution in [-0.2, 0) is 10.0 Å². The summed E-state index contributed by atoms with van der Waals surface area (Å²) in [5, 5.41) is 3.38. The van der Waals surface area contributed by atoms with Crippen molar-refractivity contribution < 1.29 is 12.8 Å². The molecule has 0 amide bonds. The van der Waals surface area contributed by atoms with E-state index in [2.05, 4.69) is 17.0 Å². The minimum absolute atomic E-state index is 0.146. The van der Waals surface area contributed by atoms with Crippen molar-refractivity contribution in [2.45, 2.75) is 44.0 Å². The van der Waals surface area contributed by atoms with Crippen molar-refractivity contribution in [3.8, 4) is 0 Å². The molecule has 2 atom stereocenters. The number of aryl methyl sites for hydroxylation is 1. The standard InChI is InChI=1S/C15H23FN2O2S/c1-3-12-5-4-8-17-14(12)10-18-21(19,20)15-7-6-13(16)9-11(15)2/h6-7,9,12,14,17-18H,3-5,8,10H2,1-2H3. The lowest BCUT2D eigenvalue weighted by Crippen LogP contribution is -2.48. The van der Waals surface area contributed by atoms with E-state index < -0.39 is 15.8 Å². The van der Waals surface area contributed by atoms with Gasteiger partial charge in [-0.25, -0.2) is 17.5 Å². The Morgan fingerprint density at radius 3 is 2.86 bits per heavy atom. The lowest BCUT2D eigenvalue weighted by atomic mass is 9.89. The zero-order valence-corrected chi connectivity index (χ0v) is 13.3. The number of rotatable bonds is 5. The summed E-state index contributed by atoms with van der Waals surface area (Å²) in [6.07, 6.45) is 3.30. The number of hydrogen-bond acceptors (Lipinski definition) is 3. The topological polar surface area (TPSA) is 58.2 Å². The summed E-state index contributed by atoms with van der Waals surface area (Å²) in [5.41, 5.74) is 0.422. The van der Waals surface area contributed by atoms with Gasteiger partial charge >= 0.3 is 0 Å². The maximum atomic E-state index is 13.1. The molecule has 1 aliphatic rings. The molecule has 1 aromatic carbocycles. The number of piperidine rings is 1. The number of halogens is 1. The highest BCUT2D eigenvalue weighted by molar-refractivity contribution is 7.89. The molecule has 0 saturated carbocycles. The van der Waals surface area contributed by atoms with E-state index in [0.29, 0.717) is 18.0 Å². The van der Waals surface area contributed by atoms with Gasteiger partial charge in [-0.05, 0) is 56.0 Å². The monoisotopic (exact) mass is 314 g/mol. The zero-order chi connectivity index (χ0) is 15.5. The van der Waals surface area contributed by atoms with Crippen LogP contribution in [-0.4, -0.2) is 27.5 Å². The molecular formula is C15H23FN2O2S. The molecule has 4 nitrogen and oxygen atoms in total. The smallest absolute Gasteiger partial charge is 0.240 e. The second-order valence-electron chi connectivity index (χ2n) is 5.63. The van der Waals surface area contributed by atoms with Gasteiger partial charge in [0.15, 0.2) is 0 Å². The number of nitrogens with one attached hydrogen (secondary N) is 2. The third-order valence-electron chi connectivity index (χ3n) is 4.17. The molecule has 1 heterocycles. The first kappa shape index (κ1) is 16.4. The van der Waals surface area contributed by atoms with Crippen molar-refractivity contribution in [2.75, 3.05) is 13.1 Å². The highest BCUT2D eigenvalue weighted by Gasteiger charge is 2.25. The molecule has 1 aliphatic heterocycles. The Bertz CT molecular complexity index is 589. The van der Waals surface area contributed by atoms with Crippen LogP contribution >= 0.6 is 0 Å². The van der Waals surface area contributed by atoms with Gasteiger partial charge in [0.25, 0.3) is 0 Å². The molecule has 118 valence electrons. The molecule has 2 unspecified atom stereocenters. The first-order valence-corrected chi connectivity index (χ1v) is 8.91. The third-order valence-corrected chi connectivity index (χ3v) is 5.76. The Morgan fingerprint density at radius 2 is 2.19 bits per heavy atom. The van der Waals surface area contributed by atoms with Crippen molar-refractivity contribution in [1.82, 2.24) is 10.0 Å². The lowest BCUT2D eigenvalue weighted by Gasteiger charge is -2.32. The molecule has 1 aromatic rings. The Labute approximate surface area is 126 Å². The van der Waals surface area contributed by atoms with Gasteiger partial charge in [-0.2, -0.15) is 0 Å². The van der Waals surface area contributed by atoms with Crippen LogP contribution in [0.25, 0.3) is 0 Å². The Hall–Kier alpha value is -0.980. The highest BCUT2D eigenvalue weighted by Crippen LogP contribution is 2.20. The Balaban J connectivity index is 2.07. The van der Waals surface area contributed by atoms with Crippen LogP contribution in [0.3, 0.4) is 0 Å². The molecule has 2 rings (SSSR count). The highest BCUT2D eigenvalue weighted by atomic mass is 32.2. The van der Waals surface area contributed by atoms with Gasteiger partial charge in [0, 0.05) is 12.6 Å². The minimum Gasteiger partial charge on any atom is -0.312 e. The number of hydrogen-bond donors (Lipinski definition) is 2. The molecule has 2 N–H and O–H groups in total. The summed E-state index contributed by atoms with van der Waals surface area (Å²) >= 11 is 0.